The zero-order chi connectivity index (χ0) is 28.3. The summed E-state index contributed by atoms with van der Waals surface area (Å²) in [5.74, 6) is 0.0242. The van der Waals surface area contributed by atoms with Crippen LogP contribution in [0.25, 0.3) is 5.69 Å². The van der Waals surface area contributed by atoms with Crippen LogP contribution in [0.15, 0.2) is 59.5 Å². The van der Waals surface area contributed by atoms with E-state index in [2.05, 4.69) is 26.1 Å². The minimum atomic E-state index is -3.87. The number of unbranched alkanes of at least 4 members (excludes halogenated alkanes) is 1. The number of carbonyl (C=O) groups is 1. The van der Waals surface area contributed by atoms with Crippen LogP contribution < -0.4 is 5.32 Å². The molecule has 0 aliphatic heterocycles. The summed E-state index contributed by atoms with van der Waals surface area (Å²) in [7, 11) is -3.87. The molecule has 3 rings (SSSR count). The van der Waals surface area contributed by atoms with E-state index in [-0.39, 0.29) is 28.8 Å². The van der Waals surface area contributed by atoms with Crippen molar-refractivity contribution in [2.75, 3.05) is 18.4 Å². The Bertz CT molecular complexity index is 1350. The van der Waals surface area contributed by atoms with Gasteiger partial charge in [0.15, 0.2) is 0 Å². The zero-order valence-electron chi connectivity index (χ0n) is 23.4. The molecule has 1 aromatic heterocycles. The van der Waals surface area contributed by atoms with Gasteiger partial charge in [0.25, 0.3) is 0 Å². The van der Waals surface area contributed by atoms with Gasteiger partial charge in [-0.3, -0.25) is 4.79 Å². The minimum absolute atomic E-state index is 0.0942. The number of hydrogen-bond acceptors (Lipinski definition) is 4. The number of amides is 1. The van der Waals surface area contributed by atoms with Crippen LogP contribution in [0.1, 0.15) is 72.6 Å². The van der Waals surface area contributed by atoms with Crippen molar-refractivity contribution < 1.29 is 13.2 Å². The van der Waals surface area contributed by atoms with Crippen LogP contribution in [0.2, 0.25) is 5.02 Å². The number of benzene rings is 2. The van der Waals surface area contributed by atoms with E-state index in [9.17, 15) is 13.2 Å². The van der Waals surface area contributed by atoms with E-state index in [0.717, 1.165) is 23.4 Å². The second-order valence-electron chi connectivity index (χ2n) is 11.6. The Morgan fingerprint density at radius 1 is 0.974 bits per heavy atom. The van der Waals surface area contributed by atoms with Gasteiger partial charge < -0.3 is 5.32 Å². The van der Waals surface area contributed by atoms with Gasteiger partial charge >= 0.3 is 0 Å². The molecule has 0 radical (unpaired) electrons. The lowest BCUT2D eigenvalue weighted by Gasteiger charge is -2.23. The maximum atomic E-state index is 13.6. The molecule has 38 heavy (non-hydrogen) atoms. The van der Waals surface area contributed by atoms with Crippen LogP contribution in [0.3, 0.4) is 0 Å². The first-order valence-corrected chi connectivity index (χ1v) is 14.7. The molecule has 1 amide bonds. The Morgan fingerprint density at radius 2 is 1.58 bits per heavy atom. The van der Waals surface area contributed by atoms with Crippen LogP contribution in [0.5, 0.6) is 0 Å². The molecule has 9 heteroatoms. The average molecular weight is 559 g/mol. The molecule has 0 atom stereocenters. The van der Waals surface area contributed by atoms with Gasteiger partial charge in [-0.05, 0) is 53.8 Å². The van der Waals surface area contributed by atoms with Crippen molar-refractivity contribution in [3.63, 3.8) is 0 Å². The number of nitrogens with zero attached hydrogens (tertiary/aromatic N) is 3. The lowest BCUT2D eigenvalue weighted by atomic mass is 9.87. The van der Waals surface area contributed by atoms with E-state index in [4.69, 9.17) is 16.7 Å². The topological polar surface area (TPSA) is 84.3 Å². The fourth-order valence-corrected chi connectivity index (χ4v) is 5.41. The number of carbonyl (C=O) groups excluding carboxylic acids is 1. The van der Waals surface area contributed by atoms with Crippen molar-refractivity contribution in [1.29, 1.82) is 0 Å². The summed E-state index contributed by atoms with van der Waals surface area (Å²) in [6, 6.07) is 15.9. The molecule has 0 bridgehead atoms. The highest BCUT2D eigenvalue weighted by molar-refractivity contribution is 7.89. The second kappa shape index (κ2) is 11.6. The number of anilines is 1. The first-order valence-electron chi connectivity index (χ1n) is 12.9. The molecule has 3 aromatic rings. The molecule has 2 aromatic carbocycles. The van der Waals surface area contributed by atoms with Crippen LogP contribution in [-0.2, 0) is 25.6 Å². The van der Waals surface area contributed by atoms with E-state index in [1.54, 1.807) is 28.9 Å². The molecule has 206 valence electrons. The number of aromatic nitrogens is 2. The van der Waals surface area contributed by atoms with Gasteiger partial charge in [-0.25, -0.2) is 13.1 Å². The monoisotopic (exact) mass is 558 g/mol. The molecular weight excluding hydrogens is 520 g/mol. The van der Waals surface area contributed by atoms with Crippen LogP contribution in [-0.4, -0.2) is 41.5 Å². The molecule has 1 heterocycles. The molecule has 0 aliphatic rings. The second-order valence-corrected chi connectivity index (χ2v) is 13.9. The Balaban J connectivity index is 1.89. The van der Waals surface area contributed by atoms with Crippen LogP contribution >= 0.6 is 11.6 Å². The quantitative estimate of drug-likeness (QED) is 0.323. The number of hydrogen-bond donors (Lipinski definition) is 1. The average Bonchev–Trinajstić information content (AvgIpc) is 3.26. The number of halogens is 1. The number of sulfonamides is 1. The van der Waals surface area contributed by atoms with Gasteiger partial charge in [-0.2, -0.15) is 9.40 Å². The van der Waals surface area contributed by atoms with Crippen molar-refractivity contribution in [2.24, 2.45) is 0 Å². The molecule has 7 nitrogen and oxygen atoms in total. The Hall–Kier alpha value is -2.68. The van der Waals surface area contributed by atoms with Crippen LogP contribution in [0.4, 0.5) is 5.82 Å². The largest absolute Gasteiger partial charge is 0.309 e. The fraction of sp³-hybridized carbons (Fsp3) is 0.448. The summed E-state index contributed by atoms with van der Waals surface area (Å²) >= 11 is 6.06. The first kappa shape index (κ1) is 29.9. The Labute approximate surface area is 232 Å². The van der Waals surface area contributed by atoms with Gasteiger partial charge in [-0.1, -0.05) is 78.6 Å². The third-order valence-electron chi connectivity index (χ3n) is 6.26. The zero-order valence-corrected chi connectivity index (χ0v) is 24.9. The maximum absolute atomic E-state index is 13.6. The van der Waals surface area contributed by atoms with Crippen molar-refractivity contribution in [3.05, 3.63) is 70.9 Å². The molecule has 0 saturated carbocycles. The molecule has 0 unspecified atom stereocenters. The minimum Gasteiger partial charge on any atom is -0.309 e. The Morgan fingerprint density at radius 3 is 2.11 bits per heavy atom. The smallest absolute Gasteiger partial charge is 0.243 e. The lowest BCUT2D eigenvalue weighted by molar-refractivity contribution is -0.116. The third-order valence-corrected chi connectivity index (χ3v) is 8.37. The lowest BCUT2D eigenvalue weighted by Crippen LogP contribution is -2.39. The fourth-order valence-electron chi connectivity index (χ4n) is 3.85. The van der Waals surface area contributed by atoms with E-state index in [1.165, 1.54) is 4.31 Å². The van der Waals surface area contributed by atoms with E-state index in [1.807, 2.05) is 58.0 Å². The van der Waals surface area contributed by atoms with Gasteiger partial charge in [-0.15, -0.1) is 0 Å². The molecule has 0 fully saturated rings. The van der Waals surface area contributed by atoms with E-state index in [0.29, 0.717) is 17.3 Å². The van der Waals surface area contributed by atoms with Crippen LogP contribution in [0, 0.1) is 0 Å². The van der Waals surface area contributed by atoms with Crippen molar-refractivity contribution in [2.45, 2.75) is 77.0 Å². The Kier molecular flexibility index (Phi) is 9.12. The SMILES string of the molecule is CCCCN(CC(=O)Nc1cc(C(C)(C)C)nn1-c1ccc(Cl)cc1)S(=O)(=O)c1ccc(C(C)(C)C)cc1. The summed E-state index contributed by atoms with van der Waals surface area (Å²) < 4.78 is 30.0. The van der Waals surface area contributed by atoms with Crippen molar-refractivity contribution in [3.8, 4) is 5.69 Å². The third kappa shape index (κ3) is 7.24. The highest BCUT2D eigenvalue weighted by atomic mass is 35.5. The van der Waals surface area contributed by atoms with Gasteiger partial charge in [0.2, 0.25) is 15.9 Å². The first-order chi connectivity index (χ1) is 17.6. The van der Waals surface area contributed by atoms with E-state index < -0.39 is 15.9 Å². The van der Waals surface area contributed by atoms with Gasteiger partial charge in [0, 0.05) is 23.0 Å². The van der Waals surface area contributed by atoms with Crippen molar-refractivity contribution >= 4 is 33.3 Å². The standard InChI is InChI=1S/C29H39ClN4O3S/c1-8-9-18-33(38(36,37)24-16-10-21(11-17-24)28(2,3)4)20-27(35)31-26-19-25(29(5,6)7)32-34(26)23-14-12-22(30)13-15-23/h10-17,19H,8-9,18,20H2,1-7H3,(H,31,35). The predicted molar refractivity (Wildman–Crippen MR) is 155 cm³/mol. The number of nitrogens with one attached hydrogen (secondary N) is 1. The summed E-state index contributed by atoms with van der Waals surface area (Å²) in [4.78, 5) is 13.4. The molecule has 0 saturated heterocycles. The molecule has 1 N–H and O–H groups in total. The summed E-state index contributed by atoms with van der Waals surface area (Å²) in [5.41, 5.74) is 2.21. The summed E-state index contributed by atoms with van der Waals surface area (Å²) in [6.07, 6.45) is 1.44. The van der Waals surface area contributed by atoms with Gasteiger partial charge in [0.05, 0.1) is 22.8 Å². The number of rotatable bonds is 9. The normalized spacial score (nSPS) is 12.7. The molecule has 0 aliphatic carbocycles. The van der Waals surface area contributed by atoms with E-state index >= 15 is 0 Å². The molecule has 0 spiro atoms. The maximum Gasteiger partial charge on any atom is 0.243 e. The van der Waals surface area contributed by atoms with Crippen molar-refractivity contribution in [1.82, 2.24) is 14.1 Å². The van der Waals surface area contributed by atoms with Gasteiger partial charge in [0.1, 0.15) is 5.82 Å². The summed E-state index contributed by atoms with van der Waals surface area (Å²) in [6.45, 7) is 14.3. The highest BCUT2D eigenvalue weighted by Gasteiger charge is 2.28. The highest BCUT2D eigenvalue weighted by Crippen LogP contribution is 2.28. The predicted octanol–water partition coefficient (Wildman–Crippen LogP) is 6.55. The summed E-state index contributed by atoms with van der Waals surface area (Å²) in [5, 5.41) is 8.20. The molecular formula is C29H39ClN4O3S.